The Hall–Kier alpha value is -0.850. The molecule has 0 aromatic carbocycles. The van der Waals surface area contributed by atoms with Crippen LogP contribution in [0.4, 0.5) is 0 Å². The van der Waals surface area contributed by atoms with Crippen LogP contribution in [0.5, 0.6) is 0 Å². The first-order valence-corrected chi connectivity index (χ1v) is 5.97. The van der Waals surface area contributed by atoms with Crippen molar-refractivity contribution in [1.29, 1.82) is 0 Å². The van der Waals surface area contributed by atoms with Gasteiger partial charge in [0, 0.05) is 10.0 Å². The Balaban J connectivity index is 3.28. The van der Waals surface area contributed by atoms with Crippen molar-refractivity contribution in [2.45, 2.75) is 26.7 Å². The fraction of sp³-hybridized carbons (Fsp3) is 0.455. The molecule has 1 rings (SSSR count). The van der Waals surface area contributed by atoms with Gasteiger partial charge in [-0.2, -0.15) is 0 Å². The highest BCUT2D eigenvalue weighted by Crippen LogP contribution is 2.42. The van der Waals surface area contributed by atoms with Crippen molar-refractivity contribution in [3.63, 3.8) is 0 Å². The summed E-state index contributed by atoms with van der Waals surface area (Å²) in [6, 6.07) is 0. The van der Waals surface area contributed by atoms with Crippen LogP contribution in [0.15, 0.2) is 20.8 Å². The van der Waals surface area contributed by atoms with Gasteiger partial charge in [-0.15, -0.1) is 0 Å². The molecule has 1 aliphatic carbocycles. The average Bonchev–Trinajstić information content (AvgIpc) is 2.21. The molecule has 1 atom stereocenters. The SMILES string of the molecule is CCC1(C(=O)O)C=C(C)C(I)=C(C(=O)O)C1. The second-order valence-corrected chi connectivity index (χ2v) is 5.00. The van der Waals surface area contributed by atoms with Crippen molar-refractivity contribution in [3.8, 4) is 0 Å². The van der Waals surface area contributed by atoms with Crippen molar-refractivity contribution in [2.75, 3.05) is 0 Å². The van der Waals surface area contributed by atoms with Crippen LogP contribution < -0.4 is 0 Å². The largest absolute Gasteiger partial charge is 0.481 e. The van der Waals surface area contributed by atoms with Crippen LogP contribution >= 0.6 is 22.6 Å². The summed E-state index contributed by atoms with van der Waals surface area (Å²) in [6.45, 7) is 3.51. The van der Waals surface area contributed by atoms with Gasteiger partial charge in [-0.05, 0) is 41.5 Å². The molecule has 2 N–H and O–H groups in total. The lowest BCUT2D eigenvalue weighted by molar-refractivity contribution is -0.146. The number of carboxylic acids is 2. The molecule has 0 saturated heterocycles. The van der Waals surface area contributed by atoms with E-state index in [0.717, 1.165) is 5.57 Å². The molecule has 1 unspecified atom stereocenters. The minimum atomic E-state index is -1.06. The lowest BCUT2D eigenvalue weighted by Gasteiger charge is -2.30. The van der Waals surface area contributed by atoms with Crippen molar-refractivity contribution in [1.82, 2.24) is 0 Å². The zero-order valence-corrected chi connectivity index (χ0v) is 11.2. The minimum absolute atomic E-state index is 0.0593. The molecule has 1 aliphatic rings. The first-order valence-electron chi connectivity index (χ1n) is 4.89. The van der Waals surface area contributed by atoms with E-state index in [2.05, 4.69) is 0 Å². The van der Waals surface area contributed by atoms with E-state index in [9.17, 15) is 14.7 Å². The molecule has 0 aromatic rings. The molecule has 88 valence electrons. The Labute approximate surface area is 107 Å². The molecule has 0 aromatic heterocycles. The molecular formula is C11H13IO4. The second-order valence-electron chi connectivity index (χ2n) is 3.92. The van der Waals surface area contributed by atoms with Gasteiger partial charge in [-0.3, -0.25) is 4.79 Å². The van der Waals surface area contributed by atoms with Gasteiger partial charge in [-0.1, -0.05) is 13.0 Å². The molecule has 0 bridgehead atoms. The topological polar surface area (TPSA) is 74.6 Å². The van der Waals surface area contributed by atoms with Gasteiger partial charge in [0.25, 0.3) is 0 Å². The monoisotopic (exact) mass is 336 g/mol. The van der Waals surface area contributed by atoms with Crippen LogP contribution in [0.1, 0.15) is 26.7 Å². The summed E-state index contributed by atoms with van der Waals surface area (Å²) in [4.78, 5) is 22.3. The van der Waals surface area contributed by atoms with Gasteiger partial charge in [0.15, 0.2) is 0 Å². The number of carbonyl (C=O) groups is 2. The molecule has 0 aliphatic heterocycles. The van der Waals surface area contributed by atoms with Crippen LogP contribution in [0.2, 0.25) is 0 Å². The average molecular weight is 336 g/mol. The molecule has 0 heterocycles. The molecule has 0 radical (unpaired) electrons. The van der Waals surface area contributed by atoms with Crippen molar-refractivity contribution < 1.29 is 19.8 Å². The molecule has 4 nitrogen and oxygen atoms in total. The first-order chi connectivity index (χ1) is 7.34. The lowest BCUT2D eigenvalue weighted by atomic mass is 9.74. The number of aliphatic carboxylic acids is 2. The molecule has 0 fully saturated rings. The van der Waals surface area contributed by atoms with E-state index in [1.807, 2.05) is 22.6 Å². The van der Waals surface area contributed by atoms with Crippen molar-refractivity contribution >= 4 is 34.5 Å². The van der Waals surface area contributed by atoms with E-state index in [-0.39, 0.29) is 12.0 Å². The standard InChI is InChI=1S/C11H13IO4/c1-3-11(10(15)16)4-6(2)8(12)7(5-11)9(13)14/h4H,3,5H2,1-2H3,(H,13,14)(H,15,16). The number of halogens is 1. The lowest BCUT2D eigenvalue weighted by Crippen LogP contribution is -2.32. The molecule has 5 heteroatoms. The fourth-order valence-corrected chi connectivity index (χ4v) is 2.42. The van der Waals surface area contributed by atoms with Gasteiger partial charge in [0.2, 0.25) is 0 Å². The van der Waals surface area contributed by atoms with E-state index in [0.29, 0.717) is 10.0 Å². The maximum atomic E-state index is 11.3. The Bertz CT molecular complexity index is 408. The first kappa shape index (κ1) is 13.2. The molecular weight excluding hydrogens is 323 g/mol. The smallest absolute Gasteiger partial charge is 0.332 e. The van der Waals surface area contributed by atoms with Gasteiger partial charge < -0.3 is 10.2 Å². The maximum Gasteiger partial charge on any atom is 0.332 e. The third-order valence-corrected chi connectivity index (χ3v) is 4.41. The van der Waals surface area contributed by atoms with Crippen LogP contribution in [-0.4, -0.2) is 22.2 Å². The van der Waals surface area contributed by atoms with Gasteiger partial charge in [-0.25, -0.2) is 4.79 Å². The van der Waals surface area contributed by atoms with Crippen LogP contribution in [0.25, 0.3) is 0 Å². The van der Waals surface area contributed by atoms with Crippen molar-refractivity contribution in [2.24, 2.45) is 5.41 Å². The highest BCUT2D eigenvalue weighted by Gasteiger charge is 2.40. The zero-order valence-electron chi connectivity index (χ0n) is 9.08. The number of hydrogen-bond donors (Lipinski definition) is 2. The predicted octanol–water partition coefficient (Wildman–Crippen LogP) is 2.59. The zero-order chi connectivity index (χ0) is 12.5. The quantitative estimate of drug-likeness (QED) is 0.777. The van der Waals surface area contributed by atoms with Gasteiger partial charge in [0.1, 0.15) is 0 Å². The summed E-state index contributed by atoms with van der Waals surface area (Å²) in [5, 5.41) is 18.3. The number of rotatable bonds is 3. The van der Waals surface area contributed by atoms with Crippen LogP contribution in [-0.2, 0) is 9.59 Å². The van der Waals surface area contributed by atoms with E-state index in [1.54, 1.807) is 19.9 Å². The Morgan fingerprint density at radius 2 is 2.06 bits per heavy atom. The summed E-state index contributed by atoms with van der Waals surface area (Å²) >= 11 is 1.95. The molecule has 0 saturated carbocycles. The minimum Gasteiger partial charge on any atom is -0.481 e. The Kier molecular flexibility index (Phi) is 3.77. The summed E-state index contributed by atoms with van der Waals surface area (Å²) in [6.07, 6.45) is 2.12. The van der Waals surface area contributed by atoms with Crippen LogP contribution in [0, 0.1) is 5.41 Å². The number of allylic oxidation sites excluding steroid dienone is 2. The Morgan fingerprint density at radius 1 is 1.50 bits per heavy atom. The van der Waals surface area contributed by atoms with Crippen molar-refractivity contribution in [3.05, 3.63) is 20.8 Å². The number of hydrogen-bond acceptors (Lipinski definition) is 2. The highest BCUT2D eigenvalue weighted by molar-refractivity contribution is 14.1. The number of carboxylic acid groups (broad SMARTS) is 2. The third kappa shape index (κ3) is 2.14. The Morgan fingerprint density at radius 3 is 2.44 bits per heavy atom. The van der Waals surface area contributed by atoms with Gasteiger partial charge in [0.05, 0.1) is 11.0 Å². The maximum absolute atomic E-state index is 11.3. The van der Waals surface area contributed by atoms with E-state index >= 15 is 0 Å². The third-order valence-electron chi connectivity index (χ3n) is 2.91. The summed E-state index contributed by atoms with van der Waals surface area (Å²) in [5.74, 6) is -1.99. The van der Waals surface area contributed by atoms with Gasteiger partial charge >= 0.3 is 11.9 Å². The normalized spacial score (nSPS) is 25.3. The summed E-state index contributed by atoms with van der Waals surface area (Å²) in [7, 11) is 0. The summed E-state index contributed by atoms with van der Waals surface area (Å²) in [5.41, 5.74) is -0.134. The van der Waals surface area contributed by atoms with E-state index < -0.39 is 17.4 Å². The summed E-state index contributed by atoms with van der Waals surface area (Å²) < 4.78 is 0.649. The van der Waals surface area contributed by atoms with E-state index in [1.165, 1.54) is 0 Å². The fourth-order valence-electron chi connectivity index (χ4n) is 1.85. The highest BCUT2D eigenvalue weighted by atomic mass is 127. The van der Waals surface area contributed by atoms with Crippen LogP contribution in [0.3, 0.4) is 0 Å². The predicted molar refractivity (Wildman–Crippen MR) is 67.4 cm³/mol. The molecule has 0 spiro atoms. The molecule has 0 amide bonds. The van der Waals surface area contributed by atoms with E-state index in [4.69, 9.17) is 5.11 Å². The second kappa shape index (κ2) is 4.57. The molecule has 16 heavy (non-hydrogen) atoms.